The smallest absolute Gasteiger partial charge is 0.303 e. The zero-order chi connectivity index (χ0) is 13.8. The molecule has 1 N–H and O–H groups in total. The largest absolute Gasteiger partial charge is 0.490 e. The zero-order valence-electron chi connectivity index (χ0n) is 11.7. The van der Waals surface area contributed by atoms with Gasteiger partial charge in [0.15, 0.2) is 0 Å². The van der Waals surface area contributed by atoms with Crippen molar-refractivity contribution in [3.63, 3.8) is 0 Å². The van der Waals surface area contributed by atoms with Crippen LogP contribution in [0, 0.1) is 19.8 Å². The van der Waals surface area contributed by atoms with E-state index in [1.165, 1.54) is 5.56 Å². The van der Waals surface area contributed by atoms with E-state index in [1.54, 1.807) is 0 Å². The summed E-state index contributed by atoms with van der Waals surface area (Å²) in [5, 5.41) is 8.99. The van der Waals surface area contributed by atoms with Crippen LogP contribution in [0.3, 0.4) is 0 Å². The molecule has 104 valence electrons. The fourth-order valence-corrected chi connectivity index (χ4v) is 2.88. The van der Waals surface area contributed by atoms with E-state index in [0.717, 1.165) is 37.0 Å². The number of carboxylic acid groups (broad SMARTS) is 1. The van der Waals surface area contributed by atoms with E-state index >= 15 is 0 Å². The molecule has 3 nitrogen and oxygen atoms in total. The molecule has 0 amide bonds. The van der Waals surface area contributed by atoms with Gasteiger partial charge in [0.05, 0.1) is 6.42 Å². The Balaban J connectivity index is 2.08. The molecule has 0 radical (unpaired) electrons. The van der Waals surface area contributed by atoms with Crippen molar-refractivity contribution in [1.29, 1.82) is 0 Å². The quantitative estimate of drug-likeness (QED) is 0.899. The van der Waals surface area contributed by atoms with Gasteiger partial charge in [-0.1, -0.05) is 24.1 Å². The fraction of sp³-hybridized carbons (Fsp3) is 0.562. The lowest BCUT2D eigenvalue weighted by Crippen LogP contribution is -2.32. The summed E-state index contributed by atoms with van der Waals surface area (Å²) in [4.78, 5) is 10.9. The average Bonchev–Trinajstić information content (AvgIpc) is 2.34. The van der Waals surface area contributed by atoms with E-state index in [1.807, 2.05) is 19.1 Å². The topological polar surface area (TPSA) is 46.5 Å². The summed E-state index contributed by atoms with van der Waals surface area (Å²) in [5.74, 6) is 0.320. The first kappa shape index (κ1) is 13.9. The SMILES string of the molecule is Cc1ccc(OC2CCCCC2CC(=O)O)c(C)c1. The van der Waals surface area contributed by atoms with Crippen LogP contribution in [-0.2, 0) is 4.79 Å². The minimum atomic E-state index is -0.721. The van der Waals surface area contributed by atoms with Crippen LogP contribution in [-0.4, -0.2) is 17.2 Å². The standard InChI is InChI=1S/C16H22O3/c1-11-7-8-14(12(2)9-11)19-15-6-4-3-5-13(15)10-16(17)18/h7-9,13,15H,3-6,10H2,1-2H3,(H,17,18). The summed E-state index contributed by atoms with van der Waals surface area (Å²) in [6.45, 7) is 4.10. The molecule has 1 aromatic rings. The van der Waals surface area contributed by atoms with E-state index in [2.05, 4.69) is 13.0 Å². The van der Waals surface area contributed by atoms with Gasteiger partial charge in [-0.15, -0.1) is 0 Å². The fourth-order valence-electron chi connectivity index (χ4n) is 2.88. The van der Waals surface area contributed by atoms with E-state index in [9.17, 15) is 4.79 Å². The highest BCUT2D eigenvalue weighted by Crippen LogP contribution is 2.32. The molecule has 0 aliphatic heterocycles. The van der Waals surface area contributed by atoms with Gasteiger partial charge >= 0.3 is 5.97 Å². The summed E-state index contributed by atoms with van der Waals surface area (Å²) in [6.07, 6.45) is 4.44. The van der Waals surface area contributed by atoms with Gasteiger partial charge in [0.1, 0.15) is 11.9 Å². The van der Waals surface area contributed by atoms with E-state index in [-0.39, 0.29) is 18.4 Å². The lowest BCUT2D eigenvalue weighted by Gasteiger charge is -2.31. The summed E-state index contributed by atoms with van der Waals surface area (Å²) in [5.41, 5.74) is 2.34. The summed E-state index contributed by atoms with van der Waals surface area (Å²) >= 11 is 0. The zero-order valence-corrected chi connectivity index (χ0v) is 11.7. The van der Waals surface area contributed by atoms with E-state index in [4.69, 9.17) is 9.84 Å². The lowest BCUT2D eigenvalue weighted by molar-refractivity contribution is -0.139. The van der Waals surface area contributed by atoms with Crippen LogP contribution in [0.2, 0.25) is 0 Å². The maximum Gasteiger partial charge on any atom is 0.303 e. The van der Waals surface area contributed by atoms with Crippen molar-refractivity contribution < 1.29 is 14.6 Å². The molecule has 2 atom stereocenters. The van der Waals surface area contributed by atoms with Crippen molar-refractivity contribution in [2.45, 2.75) is 52.1 Å². The van der Waals surface area contributed by atoms with Crippen molar-refractivity contribution in [1.82, 2.24) is 0 Å². The van der Waals surface area contributed by atoms with E-state index < -0.39 is 5.97 Å². The third kappa shape index (κ3) is 3.72. The number of aliphatic carboxylic acids is 1. The summed E-state index contributed by atoms with van der Waals surface area (Å²) in [6, 6.07) is 6.14. The number of hydrogen-bond donors (Lipinski definition) is 1. The lowest BCUT2D eigenvalue weighted by atomic mass is 9.84. The third-order valence-corrected chi connectivity index (χ3v) is 3.88. The van der Waals surface area contributed by atoms with Gasteiger partial charge in [-0.2, -0.15) is 0 Å². The van der Waals surface area contributed by atoms with Crippen LogP contribution < -0.4 is 4.74 Å². The highest BCUT2D eigenvalue weighted by atomic mass is 16.5. The molecule has 1 aliphatic rings. The molecule has 1 aromatic carbocycles. The molecule has 0 heterocycles. The number of carbonyl (C=O) groups is 1. The van der Waals surface area contributed by atoms with Crippen LogP contribution >= 0.6 is 0 Å². The highest BCUT2D eigenvalue weighted by molar-refractivity contribution is 5.67. The van der Waals surface area contributed by atoms with Crippen LogP contribution in [0.4, 0.5) is 0 Å². The second-order valence-corrected chi connectivity index (χ2v) is 5.57. The van der Waals surface area contributed by atoms with Gasteiger partial charge < -0.3 is 9.84 Å². The molecule has 0 saturated heterocycles. The Hall–Kier alpha value is -1.51. The number of rotatable bonds is 4. The molecule has 1 saturated carbocycles. The molecule has 3 heteroatoms. The number of benzene rings is 1. The first-order valence-electron chi connectivity index (χ1n) is 7.02. The minimum Gasteiger partial charge on any atom is -0.490 e. The molecule has 1 fully saturated rings. The third-order valence-electron chi connectivity index (χ3n) is 3.88. The predicted octanol–water partition coefficient (Wildman–Crippen LogP) is 3.72. The van der Waals surface area contributed by atoms with Gasteiger partial charge in [0.2, 0.25) is 0 Å². The van der Waals surface area contributed by atoms with Crippen molar-refractivity contribution >= 4 is 5.97 Å². The van der Waals surface area contributed by atoms with Crippen molar-refractivity contribution in [2.24, 2.45) is 5.92 Å². The Morgan fingerprint density at radius 2 is 2.05 bits per heavy atom. The van der Waals surface area contributed by atoms with Crippen molar-refractivity contribution in [3.05, 3.63) is 29.3 Å². The van der Waals surface area contributed by atoms with Gasteiger partial charge in [-0.3, -0.25) is 4.79 Å². The Bertz CT molecular complexity index is 453. The first-order chi connectivity index (χ1) is 9.06. The summed E-state index contributed by atoms with van der Waals surface area (Å²) < 4.78 is 6.09. The van der Waals surface area contributed by atoms with Gasteiger partial charge in [-0.05, 0) is 44.7 Å². The number of aryl methyl sites for hydroxylation is 2. The Labute approximate surface area is 114 Å². The number of ether oxygens (including phenoxy) is 1. The minimum absolute atomic E-state index is 0.0475. The van der Waals surface area contributed by atoms with Crippen LogP contribution in [0.25, 0.3) is 0 Å². The van der Waals surface area contributed by atoms with Crippen LogP contribution in [0.1, 0.15) is 43.2 Å². The van der Waals surface area contributed by atoms with Crippen molar-refractivity contribution in [2.75, 3.05) is 0 Å². The molecule has 2 rings (SSSR count). The number of hydrogen-bond acceptors (Lipinski definition) is 2. The van der Waals surface area contributed by atoms with Crippen LogP contribution in [0.15, 0.2) is 18.2 Å². The number of carboxylic acids is 1. The molecular weight excluding hydrogens is 240 g/mol. The normalized spacial score (nSPS) is 23.1. The van der Waals surface area contributed by atoms with E-state index in [0.29, 0.717) is 0 Å². The second-order valence-electron chi connectivity index (χ2n) is 5.57. The Morgan fingerprint density at radius 1 is 1.32 bits per heavy atom. The molecule has 2 unspecified atom stereocenters. The van der Waals surface area contributed by atoms with Gasteiger partial charge in [0, 0.05) is 5.92 Å². The Kier molecular flexibility index (Phi) is 4.46. The monoisotopic (exact) mass is 262 g/mol. The second kappa shape index (κ2) is 6.09. The molecule has 0 spiro atoms. The maximum absolute atomic E-state index is 10.9. The van der Waals surface area contributed by atoms with Gasteiger partial charge in [0.25, 0.3) is 0 Å². The molecule has 19 heavy (non-hydrogen) atoms. The summed E-state index contributed by atoms with van der Waals surface area (Å²) in [7, 11) is 0. The van der Waals surface area contributed by atoms with Crippen LogP contribution in [0.5, 0.6) is 5.75 Å². The maximum atomic E-state index is 10.9. The van der Waals surface area contributed by atoms with Crippen molar-refractivity contribution in [3.8, 4) is 5.75 Å². The van der Waals surface area contributed by atoms with Gasteiger partial charge in [-0.25, -0.2) is 0 Å². The first-order valence-corrected chi connectivity index (χ1v) is 7.02. The molecule has 0 aromatic heterocycles. The Morgan fingerprint density at radius 3 is 2.74 bits per heavy atom. The average molecular weight is 262 g/mol. The molecule has 0 bridgehead atoms. The predicted molar refractivity (Wildman–Crippen MR) is 74.5 cm³/mol. The molecular formula is C16H22O3. The highest BCUT2D eigenvalue weighted by Gasteiger charge is 2.28. The molecule has 1 aliphatic carbocycles.